The van der Waals surface area contributed by atoms with Gasteiger partial charge in [-0.05, 0) is 6.07 Å². The van der Waals surface area contributed by atoms with Gasteiger partial charge in [0.2, 0.25) is 5.91 Å². The number of nitrogens with zero attached hydrogens (tertiary/aromatic N) is 3. The van der Waals surface area contributed by atoms with Crippen LogP contribution in [0.15, 0.2) is 18.6 Å². The molecule has 2 rings (SSSR count). The van der Waals surface area contributed by atoms with E-state index in [0.717, 1.165) is 0 Å². The maximum absolute atomic E-state index is 11.4. The van der Waals surface area contributed by atoms with Gasteiger partial charge in [0.05, 0.1) is 0 Å². The number of carbonyl (C=O) groups excluding carboxylic acids is 1. The lowest BCUT2D eigenvalue weighted by atomic mass is 10.4. The summed E-state index contributed by atoms with van der Waals surface area (Å²) in [7, 11) is 0. The Bertz CT molecular complexity index is 316. The molecule has 0 saturated carbocycles. The van der Waals surface area contributed by atoms with E-state index < -0.39 is 0 Å². The second-order valence-corrected chi connectivity index (χ2v) is 4.17. The lowest BCUT2D eigenvalue weighted by Crippen LogP contribution is -2.25. The van der Waals surface area contributed by atoms with Gasteiger partial charge in [0.1, 0.15) is 12.1 Å². The smallest absolute Gasteiger partial charge is 0.229 e. The van der Waals surface area contributed by atoms with Crippen molar-refractivity contribution in [3.8, 4) is 0 Å². The fraction of sp³-hybridized carbons (Fsp3) is 0.375. The average molecular weight is 242 g/mol. The molecule has 1 aliphatic rings. The summed E-state index contributed by atoms with van der Waals surface area (Å²) in [5.41, 5.74) is 0. The molecule has 1 fully saturated rings. The zero-order valence-corrected chi connectivity index (χ0v) is 8.44. The number of rotatable bonds is 1. The van der Waals surface area contributed by atoms with Crippen molar-refractivity contribution in [2.75, 3.05) is 11.4 Å². The summed E-state index contributed by atoms with van der Waals surface area (Å²) in [5, 5.41) is 0. The Kier molecular flexibility index (Phi) is 2.26. The Hall–Kier alpha value is -0.970. The highest BCUT2D eigenvalue weighted by atomic mass is 79.9. The molecule has 1 amide bonds. The molecule has 0 aromatic carbocycles. The van der Waals surface area contributed by atoms with E-state index in [9.17, 15) is 4.79 Å². The summed E-state index contributed by atoms with van der Waals surface area (Å²) in [6.45, 7) is 0.690. The zero-order chi connectivity index (χ0) is 9.26. The lowest BCUT2D eigenvalue weighted by molar-refractivity contribution is -0.117. The van der Waals surface area contributed by atoms with Gasteiger partial charge in [-0.1, -0.05) is 15.9 Å². The number of halogens is 1. The number of amides is 1. The Balaban J connectivity index is 2.23. The second-order valence-electron chi connectivity index (χ2n) is 2.87. The molecule has 1 unspecified atom stereocenters. The standard InChI is InChI=1S/C8H8BrN3O/c9-6-3-8(13)12(4-6)7-1-2-10-5-11-7/h1-2,5-6H,3-4H2. The third-order valence-electron chi connectivity index (χ3n) is 1.92. The molecule has 0 spiro atoms. The highest BCUT2D eigenvalue weighted by molar-refractivity contribution is 9.09. The first kappa shape index (κ1) is 8.62. The Morgan fingerprint density at radius 3 is 3.00 bits per heavy atom. The highest BCUT2D eigenvalue weighted by Gasteiger charge is 2.29. The van der Waals surface area contributed by atoms with E-state index in [4.69, 9.17) is 0 Å². The van der Waals surface area contributed by atoms with Crippen LogP contribution in [0.3, 0.4) is 0 Å². The molecule has 0 radical (unpaired) electrons. The van der Waals surface area contributed by atoms with Gasteiger partial charge >= 0.3 is 0 Å². The van der Waals surface area contributed by atoms with Crippen molar-refractivity contribution >= 4 is 27.7 Å². The highest BCUT2D eigenvalue weighted by Crippen LogP contribution is 2.22. The molecular formula is C8H8BrN3O. The number of carbonyl (C=O) groups is 1. The first-order valence-electron chi connectivity index (χ1n) is 3.98. The van der Waals surface area contributed by atoms with Crippen LogP contribution in [0.25, 0.3) is 0 Å². The van der Waals surface area contributed by atoms with E-state index in [1.54, 1.807) is 17.2 Å². The number of alkyl halides is 1. The van der Waals surface area contributed by atoms with Gasteiger partial charge in [-0.3, -0.25) is 9.69 Å². The predicted molar refractivity (Wildman–Crippen MR) is 51.7 cm³/mol. The Labute approximate surface area is 84.1 Å². The summed E-state index contributed by atoms with van der Waals surface area (Å²) in [5.74, 6) is 0.794. The quantitative estimate of drug-likeness (QED) is 0.689. The molecule has 13 heavy (non-hydrogen) atoms. The molecule has 0 N–H and O–H groups in total. The molecule has 4 nitrogen and oxygen atoms in total. The molecule has 68 valence electrons. The number of aromatic nitrogens is 2. The summed E-state index contributed by atoms with van der Waals surface area (Å²) in [6, 6.07) is 1.74. The number of hydrogen-bond donors (Lipinski definition) is 0. The molecule has 1 aromatic rings. The Morgan fingerprint density at radius 1 is 1.62 bits per heavy atom. The molecule has 2 heterocycles. The summed E-state index contributed by atoms with van der Waals surface area (Å²) < 4.78 is 0. The van der Waals surface area contributed by atoms with Crippen molar-refractivity contribution in [1.82, 2.24) is 9.97 Å². The van der Waals surface area contributed by atoms with Crippen molar-refractivity contribution in [3.63, 3.8) is 0 Å². The first-order valence-corrected chi connectivity index (χ1v) is 4.89. The van der Waals surface area contributed by atoms with Crippen LogP contribution in [0.4, 0.5) is 5.82 Å². The van der Waals surface area contributed by atoms with E-state index in [1.807, 2.05) is 0 Å². The normalized spacial score (nSPS) is 22.4. The topological polar surface area (TPSA) is 46.1 Å². The van der Waals surface area contributed by atoms with Crippen LogP contribution < -0.4 is 4.90 Å². The van der Waals surface area contributed by atoms with Crippen LogP contribution in [0.5, 0.6) is 0 Å². The van der Waals surface area contributed by atoms with E-state index in [2.05, 4.69) is 25.9 Å². The van der Waals surface area contributed by atoms with Crippen molar-refractivity contribution in [2.24, 2.45) is 0 Å². The minimum absolute atomic E-state index is 0.112. The Morgan fingerprint density at radius 2 is 2.46 bits per heavy atom. The molecule has 0 bridgehead atoms. The monoisotopic (exact) mass is 241 g/mol. The molecule has 0 aliphatic carbocycles. The number of hydrogen-bond acceptors (Lipinski definition) is 3. The van der Waals surface area contributed by atoms with Crippen LogP contribution in [0.2, 0.25) is 0 Å². The minimum Gasteiger partial charge on any atom is -0.296 e. The van der Waals surface area contributed by atoms with E-state index >= 15 is 0 Å². The van der Waals surface area contributed by atoms with Crippen LogP contribution in [0.1, 0.15) is 6.42 Å². The molecule has 1 aliphatic heterocycles. The molecule has 1 atom stereocenters. The third kappa shape index (κ3) is 1.70. The summed E-state index contributed by atoms with van der Waals surface area (Å²) in [4.78, 5) is 21.2. The zero-order valence-electron chi connectivity index (χ0n) is 6.85. The van der Waals surface area contributed by atoms with Gasteiger partial charge in [0.15, 0.2) is 0 Å². The molecule has 1 aromatic heterocycles. The van der Waals surface area contributed by atoms with Crippen molar-refractivity contribution in [3.05, 3.63) is 18.6 Å². The van der Waals surface area contributed by atoms with Crippen LogP contribution in [-0.2, 0) is 4.79 Å². The minimum atomic E-state index is 0.112. The fourth-order valence-electron chi connectivity index (χ4n) is 1.33. The van der Waals surface area contributed by atoms with Crippen molar-refractivity contribution in [2.45, 2.75) is 11.2 Å². The maximum atomic E-state index is 11.4. The van der Waals surface area contributed by atoms with Gasteiger partial charge in [-0.2, -0.15) is 0 Å². The van der Waals surface area contributed by atoms with Crippen LogP contribution >= 0.6 is 15.9 Å². The second kappa shape index (κ2) is 3.41. The van der Waals surface area contributed by atoms with Gasteiger partial charge in [-0.25, -0.2) is 9.97 Å². The summed E-state index contributed by atoms with van der Waals surface area (Å²) >= 11 is 3.41. The summed E-state index contributed by atoms with van der Waals surface area (Å²) in [6.07, 6.45) is 3.63. The largest absolute Gasteiger partial charge is 0.296 e. The molecule has 5 heteroatoms. The van der Waals surface area contributed by atoms with Crippen molar-refractivity contribution in [1.29, 1.82) is 0 Å². The van der Waals surface area contributed by atoms with Crippen molar-refractivity contribution < 1.29 is 4.79 Å². The van der Waals surface area contributed by atoms with Crippen LogP contribution in [-0.4, -0.2) is 27.2 Å². The number of anilines is 1. The van der Waals surface area contributed by atoms with Gasteiger partial charge in [-0.15, -0.1) is 0 Å². The van der Waals surface area contributed by atoms with Gasteiger partial charge < -0.3 is 0 Å². The van der Waals surface area contributed by atoms with Crippen LogP contribution in [0, 0.1) is 0 Å². The fourth-order valence-corrected chi connectivity index (χ4v) is 1.90. The average Bonchev–Trinajstić information content (AvgIpc) is 2.47. The maximum Gasteiger partial charge on any atom is 0.229 e. The van der Waals surface area contributed by atoms with E-state index in [0.29, 0.717) is 18.8 Å². The van der Waals surface area contributed by atoms with Gasteiger partial charge in [0.25, 0.3) is 0 Å². The first-order chi connectivity index (χ1) is 6.27. The molecular weight excluding hydrogens is 234 g/mol. The lowest BCUT2D eigenvalue weighted by Gasteiger charge is -2.13. The third-order valence-corrected chi connectivity index (χ3v) is 2.53. The predicted octanol–water partition coefficient (Wildman–Crippen LogP) is 0.977. The SMILES string of the molecule is O=C1CC(Br)CN1c1ccncn1. The van der Waals surface area contributed by atoms with Gasteiger partial charge in [0, 0.05) is 24.0 Å². The van der Waals surface area contributed by atoms with E-state index in [1.165, 1.54) is 6.33 Å². The van der Waals surface area contributed by atoms with E-state index in [-0.39, 0.29) is 10.7 Å². The molecule has 1 saturated heterocycles.